The Labute approximate surface area is 165 Å². The molecule has 144 valence electrons. The lowest BCUT2D eigenvalue weighted by molar-refractivity contribution is 0.0953. The first-order valence-corrected chi connectivity index (χ1v) is 10.5. The molecule has 1 unspecified atom stereocenters. The summed E-state index contributed by atoms with van der Waals surface area (Å²) >= 11 is 0. The minimum absolute atomic E-state index is 0.0466. The van der Waals surface area contributed by atoms with Crippen molar-refractivity contribution in [1.29, 1.82) is 0 Å². The fraction of sp³-hybridized carbons (Fsp3) is 0.182. The van der Waals surface area contributed by atoms with Crippen molar-refractivity contribution in [3.63, 3.8) is 0 Å². The molecule has 3 rings (SSSR count). The van der Waals surface area contributed by atoms with Crippen molar-refractivity contribution in [2.24, 2.45) is 0 Å². The van der Waals surface area contributed by atoms with Gasteiger partial charge in [0.1, 0.15) is 5.25 Å². The van der Waals surface area contributed by atoms with Gasteiger partial charge in [0, 0.05) is 24.5 Å². The number of aryl methyl sites for hydroxylation is 2. The normalized spacial score (nSPS) is 12.4. The van der Waals surface area contributed by atoms with Crippen molar-refractivity contribution in [1.82, 2.24) is 10.3 Å². The quantitative estimate of drug-likeness (QED) is 0.692. The summed E-state index contributed by atoms with van der Waals surface area (Å²) in [5.74, 6) is -0.300. The Morgan fingerprint density at radius 1 is 1.00 bits per heavy atom. The van der Waals surface area contributed by atoms with E-state index < -0.39 is 15.1 Å². The number of carbonyl (C=O) groups excluding carboxylic acids is 1. The van der Waals surface area contributed by atoms with Gasteiger partial charge in [-0.3, -0.25) is 9.78 Å². The number of pyridine rings is 1. The molecule has 1 amide bonds. The van der Waals surface area contributed by atoms with Crippen LogP contribution in [0.1, 0.15) is 32.3 Å². The fourth-order valence-corrected chi connectivity index (χ4v) is 4.62. The van der Waals surface area contributed by atoms with Gasteiger partial charge in [-0.15, -0.1) is 0 Å². The molecule has 0 saturated carbocycles. The number of hydrogen-bond donors (Lipinski definition) is 1. The molecule has 0 fully saturated rings. The molecule has 3 aromatic rings. The molecule has 1 aromatic heterocycles. The van der Waals surface area contributed by atoms with E-state index >= 15 is 0 Å². The van der Waals surface area contributed by atoms with Gasteiger partial charge in [0.15, 0.2) is 9.84 Å². The maximum atomic E-state index is 13.3. The summed E-state index contributed by atoms with van der Waals surface area (Å²) in [5.41, 5.74) is 2.87. The molecule has 0 radical (unpaired) electrons. The molecule has 0 aliphatic heterocycles. The number of nitrogens with one attached hydrogen (secondary N) is 1. The smallest absolute Gasteiger partial charge is 0.251 e. The molecule has 0 bridgehead atoms. The van der Waals surface area contributed by atoms with E-state index in [4.69, 9.17) is 0 Å². The van der Waals surface area contributed by atoms with Crippen LogP contribution >= 0.6 is 0 Å². The van der Waals surface area contributed by atoms with Crippen LogP contribution in [0.3, 0.4) is 0 Å². The van der Waals surface area contributed by atoms with Gasteiger partial charge in [0.25, 0.3) is 5.91 Å². The third kappa shape index (κ3) is 4.28. The average molecular weight is 394 g/mol. The zero-order valence-corrected chi connectivity index (χ0v) is 16.6. The summed E-state index contributed by atoms with van der Waals surface area (Å²) in [5, 5.41) is 1.85. The Bertz CT molecular complexity index is 1060. The van der Waals surface area contributed by atoms with Gasteiger partial charge in [-0.25, -0.2) is 8.42 Å². The summed E-state index contributed by atoms with van der Waals surface area (Å²) < 4.78 is 26.6. The zero-order valence-electron chi connectivity index (χ0n) is 15.8. The van der Waals surface area contributed by atoms with E-state index in [9.17, 15) is 13.2 Å². The highest BCUT2D eigenvalue weighted by Crippen LogP contribution is 2.28. The first kappa shape index (κ1) is 19.8. The second kappa shape index (κ2) is 8.35. The largest absolute Gasteiger partial charge is 0.350 e. The topological polar surface area (TPSA) is 76.1 Å². The molecule has 0 aliphatic rings. The molecule has 1 atom stereocenters. The van der Waals surface area contributed by atoms with E-state index in [1.165, 1.54) is 6.20 Å². The number of rotatable bonds is 6. The van der Waals surface area contributed by atoms with E-state index in [0.717, 1.165) is 11.1 Å². The lowest BCUT2D eigenvalue weighted by Gasteiger charge is -2.19. The van der Waals surface area contributed by atoms with Crippen molar-refractivity contribution in [3.05, 3.63) is 95.3 Å². The third-order valence-electron chi connectivity index (χ3n) is 4.62. The van der Waals surface area contributed by atoms with Crippen LogP contribution in [-0.2, 0) is 9.84 Å². The van der Waals surface area contributed by atoms with Crippen LogP contribution < -0.4 is 5.32 Å². The average Bonchev–Trinajstić information content (AvgIpc) is 2.69. The zero-order chi connectivity index (χ0) is 20.1. The summed E-state index contributed by atoms with van der Waals surface area (Å²) in [6.45, 7) is 3.70. The Morgan fingerprint density at radius 3 is 2.36 bits per heavy atom. The van der Waals surface area contributed by atoms with Gasteiger partial charge in [0.05, 0.1) is 4.90 Å². The SMILES string of the molecule is Cc1ccc(S(=O)(=O)C(CNC(=O)c2ccccc2C)c2cccnc2)cc1. The predicted octanol–water partition coefficient (Wildman–Crippen LogP) is 3.64. The minimum Gasteiger partial charge on any atom is -0.350 e. The highest BCUT2D eigenvalue weighted by molar-refractivity contribution is 7.91. The van der Waals surface area contributed by atoms with Gasteiger partial charge in [-0.2, -0.15) is 0 Å². The Balaban J connectivity index is 1.91. The van der Waals surface area contributed by atoms with E-state index in [2.05, 4.69) is 10.3 Å². The van der Waals surface area contributed by atoms with Gasteiger partial charge in [-0.1, -0.05) is 42.0 Å². The van der Waals surface area contributed by atoms with Crippen molar-refractivity contribution in [2.75, 3.05) is 6.54 Å². The van der Waals surface area contributed by atoms with Crippen molar-refractivity contribution in [3.8, 4) is 0 Å². The number of hydrogen-bond acceptors (Lipinski definition) is 4. The monoisotopic (exact) mass is 394 g/mol. The van der Waals surface area contributed by atoms with Crippen LogP contribution in [0.5, 0.6) is 0 Å². The van der Waals surface area contributed by atoms with Gasteiger partial charge >= 0.3 is 0 Å². The predicted molar refractivity (Wildman–Crippen MR) is 109 cm³/mol. The standard InChI is InChI=1S/C22H22N2O3S/c1-16-9-11-19(12-10-16)28(26,27)21(18-7-5-13-23-14-18)15-24-22(25)20-8-4-3-6-17(20)2/h3-14,21H,15H2,1-2H3,(H,24,25). The molecule has 1 N–H and O–H groups in total. The van der Waals surface area contributed by atoms with Gasteiger partial charge in [-0.05, 0) is 49.2 Å². The highest BCUT2D eigenvalue weighted by atomic mass is 32.2. The fourth-order valence-electron chi connectivity index (χ4n) is 2.97. The van der Waals surface area contributed by atoms with Crippen molar-refractivity contribution >= 4 is 15.7 Å². The second-order valence-electron chi connectivity index (χ2n) is 6.66. The molecule has 28 heavy (non-hydrogen) atoms. The number of sulfone groups is 1. The molecule has 2 aromatic carbocycles. The molecule has 0 spiro atoms. The lowest BCUT2D eigenvalue weighted by Crippen LogP contribution is -2.32. The van der Waals surface area contributed by atoms with Crippen LogP contribution in [-0.4, -0.2) is 25.9 Å². The molecule has 0 saturated heterocycles. The maximum Gasteiger partial charge on any atom is 0.251 e. The lowest BCUT2D eigenvalue weighted by atomic mass is 10.1. The van der Waals surface area contributed by atoms with Crippen LogP contribution in [0.15, 0.2) is 78.0 Å². The number of carbonyl (C=O) groups is 1. The minimum atomic E-state index is -3.71. The van der Waals surface area contributed by atoms with Gasteiger partial charge < -0.3 is 5.32 Å². The maximum absolute atomic E-state index is 13.3. The van der Waals surface area contributed by atoms with Crippen LogP contribution in [0.4, 0.5) is 0 Å². The summed E-state index contributed by atoms with van der Waals surface area (Å²) in [4.78, 5) is 16.9. The highest BCUT2D eigenvalue weighted by Gasteiger charge is 2.30. The molecule has 6 heteroatoms. The van der Waals surface area contributed by atoms with E-state index in [1.54, 1.807) is 54.7 Å². The van der Waals surface area contributed by atoms with Crippen LogP contribution in [0.2, 0.25) is 0 Å². The third-order valence-corrected chi connectivity index (χ3v) is 6.74. The Morgan fingerprint density at radius 2 is 1.71 bits per heavy atom. The molecule has 1 heterocycles. The summed E-state index contributed by atoms with van der Waals surface area (Å²) in [7, 11) is -3.71. The van der Waals surface area contributed by atoms with E-state index in [0.29, 0.717) is 11.1 Å². The first-order valence-electron chi connectivity index (χ1n) is 8.94. The molecule has 5 nitrogen and oxygen atoms in total. The Hall–Kier alpha value is -2.99. The van der Waals surface area contributed by atoms with E-state index in [-0.39, 0.29) is 17.3 Å². The Kier molecular flexibility index (Phi) is 5.90. The number of nitrogens with zero attached hydrogens (tertiary/aromatic N) is 1. The number of amides is 1. The molecular formula is C22H22N2O3S. The molecule has 0 aliphatic carbocycles. The number of aromatic nitrogens is 1. The van der Waals surface area contributed by atoms with Crippen molar-refractivity contribution < 1.29 is 13.2 Å². The summed E-state index contributed by atoms with van der Waals surface area (Å²) in [6, 6.07) is 17.3. The van der Waals surface area contributed by atoms with Crippen LogP contribution in [0, 0.1) is 13.8 Å². The van der Waals surface area contributed by atoms with Crippen LogP contribution in [0.25, 0.3) is 0 Å². The van der Waals surface area contributed by atoms with Crippen molar-refractivity contribution in [2.45, 2.75) is 24.0 Å². The summed E-state index contributed by atoms with van der Waals surface area (Å²) in [6.07, 6.45) is 3.11. The first-order chi connectivity index (χ1) is 13.4. The number of benzene rings is 2. The van der Waals surface area contributed by atoms with Gasteiger partial charge in [0.2, 0.25) is 0 Å². The molecular weight excluding hydrogens is 372 g/mol. The van der Waals surface area contributed by atoms with E-state index in [1.807, 2.05) is 26.0 Å². The second-order valence-corrected chi connectivity index (χ2v) is 8.79.